The molecule has 168 valence electrons. The highest BCUT2D eigenvalue weighted by Crippen LogP contribution is 2.56. The van der Waals surface area contributed by atoms with Crippen LogP contribution in [0.3, 0.4) is 0 Å². The van der Waals surface area contributed by atoms with Crippen molar-refractivity contribution in [2.75, 3.05) is 6.61 Å². The zero-order chi connectivity index (χ0) is 22.7. The Hall–Kier alpha value is -2.04. The Kier molecular flexibility index (Phi) is 5.38. The highest BCUT2D eigenvalue weighted by atomic mass is 19.4. The van der Waals surface area contributed by atoms with Crippen molar-refractivity contribution in [3.05, 3.63) is 53.2 Å². The number of hydrogen-bond acceptors (Lipinski definition) is 6. The molecule has 2 aliphatic rings. The summed E-state index contributed by atoms with van der Waals surface area (Å²) in [6, 6.07) is 7.08. The predicted molar refractivity (Wildman–Crippen MR) is 104 cm³/mol. The fraction of sp³-hybridized carbons (Fsp3) is 0.500. The van der Waals surface area contributed by atoms with Gasteiger partial charge in [-0.25, -0.2) is 0 Å². The molecule has 0 amide bonds. The van der Waals surface area contributed by atoms with Crippen molar-refractivity contribution < 1.29 is 38.3 Å². The lowest BCUT2D eigenvalue weighted by atomic mass is 9.75. The van der Waals surface area contributed by atoms with E-state index in [2.05, 4.69) is 4.98 Å². The van der Waals surface area contributed by atoms with E-state index < -0.39 is 54.3 Å². The second-order valence-electron chi connectivity index (χ2n) is 8.42. The average Bonchev–Trinajstić information content (AvgIpc) is 2.84. The van der Waals surface area contributed by atoms with Crippen molar-refractivity contribution in [1.29, 1.82) is 0 Å². The first-order valence-corrected chi connectivity index (χ1v) is 10.0. The number of pyridine rings is 1. The number of alkyl halides is 3. The number of aromatic nitrogens is 1. The number of hydrogen-bond donors (Lipinski definition) is 4. The zero-order valence-corrected chi connectivity index (χ0v) is 16.9. The molecule has 31 heavy (non-hydrogen) atoms. The lowest BCUT2D eigenvalue weighted by molar-refractivity contribution is -0.384. The molecular formula is C22H24F3NO5. The summed E-state index contributed by atoms with van der Waals surface area (Å²) in [5.74, 6) is -3.83. The number of aliphatic hydroxyl groups is 4. The van der Waals surface area contributed by atoms with Crippen LogP contribution in [0.1, 0.15) is 29.5 Å². The minimum absolute atomic E-state index is 0.200. The first kappa shape index (κ1) is 22.2. The number of rotatable bonds is 4. The molecular weight excluding hydrogens is 415 g/mol. The SMILES string of the molecule is Cc1cc(-c2cc(C(F)(F)F)ccn2)ccc1[C@@H](C)[C@H]1OC2(O)C(CO)[C@@H](O)C(O)C12. The van der Waals surface area contributed by atoms with Gasteiger partial charge in [0, 0.05) is 17.7 Å². The molecule has 4 rings (SSSR count). The van der Waals surface area contributed by atoms with Gasteiger partial charge < -0.3 is 25.2 Å². The maximum atomic E-state index is 13.0. The number of halogens is 3. The molecule has 6 nitrogen and oxygen atoms in total. The Morgan fingerprint density at radius 2 is 1.87 bits per heavy atom. The first-order valence-electron chi connectivity index (χ1n) is 10.0. The normalized spacial score (nSPS) is 33.6. The number of aryl methyl sites for hydroxylation is 1. The fourth-order valence-corrected chi connectivity index (χ4v) is 4.94. The maximum Gasteiger partial charge on any atom is 0.416 e. The van der Waals surface area contributed by atoms with Gasteiger partial charge in [0.1, 0.15) is 0 Å². The molecule has 1 aliphatic heterocycles. The van der Waals surface area contributed by atoms with Crippen LogP contribution in [0.25, 0.3) is 11.3 Å². The highest BCUT2D eigenvalue weighted by molar-refractivity contribution is 5.62. The van der Waals surface area contributed by atoms with Crippen molar-refractivity contribution in [2.45, 2.75) is 50.0 Å². The average molecular weight is 439 g/mol. The monoisotopic (exact) mass is 439 g/mol. The molecule has 0 radical (unpaired) electrons. The second kappa shape index (κ2) is 7.53. The van der Waals surface area contributed by atoms with Crippen molar-refractivity contribution in [3.8, 4) is 11.3 Å². The van der Waals surface area contributed by atoms with E-state index in [9.17, 15) is 33.6 Å². The molecule has 7 atom stereocenters. The van der Waals surface area contributed by atoms with Crippen LogP contribution in [0.15, 0.2) is 36.5 Å². The molecule has 2 heterocycles. The number of aliphatic hydroxyl groups excluding tert-OH is 3. The smallest absolute Gasteiger partial charge is 0.396 e. The number of fused-ring (bicyclic) bond motifs is 1. The van der Waals surface area contributed by atoms with Crippen LogP contribution in [0.2, 0.25) is 0 Å². The third kappa shape index (κ3) is 3.44. The van der Waals surface area contributed by atoms with Crippen LogP contribution in [0.5, 0.6) is 0 Å². The van der Waals surface area contributed by atoms with Crippen LogP contribution in [-0.2, 0) is 10.9 Å². The predicted octanol–water partition coefficient (Wildman–Crippen LogP) is 2.23. The first-order chi connectivity index (χ1) is 14.5. The molecule has 2 aromatic rings. The molecule has 1 saturated heterocycles. The third-order valence-electron chi connectivity index (χ3n) is 6.65. The summed E-state index contributed by atoms with van der Waals surface area (Å²) in [6.45, 7) is 3.13. The van der Waals surface area contributed by atoms with Crippen molar-refractivity contribution in [1.82, 2.24) is 4.98 Å². The second-order valence-corrected chi connectivity index (χ2v) is 8.42. The summed E-state index contributed by atoms with van der Waals surface area (Å²) in [5.41, 5.74) is 1.57. The van der Waals surface area contributed by atoms with E-state index in [1.54, 1.807) is 18.2 Å². The van der Waals surface area contributed by atoms with Crippen LogP contribution < -0.4 is 0 Å². The number of ether oxygens (including phenoxy) is 1. The van der Waals surface area contributed by atoms with E-state index in [4.69, 9.17) is 4.74 Å². The molecule has 0 spiro atoms. The molecule has 1 saturated carbocycles. The molecule has 4 N–H and O–H groups in total. The van der Waals surface area contributed by atoms with Gasteiger partial charge in [-0.1, -0.05) is 19.1 Å². The van der Waals surface area contributed by atoms with Crippen LogP contribution in [0, 0.1) is 18.8 Å². The molecule has 1 aromatic heterocycles. The summed E-state index contributed by atoms with van der Waals surface area (Å²) in [4.78, 5) is 4.05. The van der Waals surface area contributed by atoms with E-state index in [1.807, 2.05) is 13.8 Å². The Balaban J connectivity index is 1.59. The molecule has 9 heteroatoms. The molecule has 1 aromatic carbocycles. The van der Waals surface area contributed by atoms with E-state index in [0.717, 1.165) is 29.5 Å². The summed E-state index contributed by atoms with van der Waals surface area (Å²) in [6.07, 6.45) is -6.47. The minimum atomic E-state index is -4.46. The van der Waals surface area contributed by atoms with E-state index >= 15 is 0 Å². The van der Waals surface area contributed by atoms with Gasteiger partial charge in [-0.2, -0.15) is 13.2 Å². The topological polar surface area (TPSA) is 103 Å². The summed E-state index contributed by atoms with van der Waals surface area (Å²) < 4.78 is 44.7. The Morgan fingerprint density at radius 3 is 2.48 bits per heavy atom. The van der Waals surface area contributed by atoms with Crippen LogP contribution in [-0.4, -0.2) is 56.1 Å². The van der Waals surface area contributed by atoms with Crippen LogP contribution in [0.4, 0.5) is 13.2 Å². The van der Waals surface area contributed by atoms with Gasteiger partial charge in [0.05, 0.1) is 48.0 Å². The van der Waals surface area contributed by atoms with Gasteiger partial charge in [-0.3, -0.25) is 4.98 Å². The Morgan fingerprint density at radius 1 is 1.16 bits per heavy atom. The van der Waals surface area contributed by atoms with Gasteiger partial charge in [-0.15, -0.1) is 0 Å². The van der Waals surface area contributed by atoms with Gasteiger partial charge >= 0.3 is 6.18 Å². The quantitative estimate of drug-likeness (QED) is 0.583. The van der Waals surface area contributed by atoms with Gasteiger partial charge in [0.15, 0.2) is 5.79 Å². The zero-order valence-electron chi connectivity index (χ0n) is 16.9. The number of nitrogens with zero attached hydrogens (tertiary/aromatic N) is 1. The van der Waals surface area contributed by atoms with Crippen LogP contribution >= 0.6 is 0 Å². The summed E-state index contributed by atoms with van der Waals surface area (Å²) in [7, 11) is 0. The summed E-state index contributed by atoms with van der Waals surface area (Å²) in [5, 5.41) is 40.6. The summed E-state index contributed by atoms with van der Waals surface area (Å²) >= 11 is 0. The van der Waals surface area contributed by atoms with Gasteiger partial charge in [-0.05, 0) is 36.2 Å². The minimum Gasteiger partial charge on any atom is -0.396 e. The van der Waals surface area contributed by atoms with Crippen molar-refractivity contribution in [2.24, 2.45) is 11.8 Å². The third-order valence-corrected chi connectivity index (χ3v) is 6.65. The molecule has 2 fully saturated rings. The fourth-order valence-electron chi connectivity index (χ4n) is 4.94. The van der Waals surface area contributed by atoms with E-state index in [0.29, 0.717) is 5.56 Å². The highest BCUT2D eigenvalue weighted by Gasteiger charge is 2.71. The standard InChI is InChI=1S/C22H24F3NO5/c1-10-7-12(16-8-13(5-6-26-16)22(23,24)25)3-4-14(10)11(2)20-17-19(29)18(28)15(9-27)21(17,30)31-20/h3-8,11,15,17-20,27-30H,9H2,1-2H3/t11-,15?,17?,18-,19?,20-,21?/m1/s1. The Bertz CT molecular complexity index is 984. The maximum absolute atomic E-state index is 13.0. The Labute approximate surface area is 176 Å². The van der Waals surface area contributed by atoms with Crippen molar-refractivity contribution >= 4 is 0 Å². The lowest BCUT2D eigenvalue weighted by Crippen LogP contribution is -2.64. The van der Waals surface area contributed by atoms with Gasteiger partial charge in [0.2, 0.25) is 0 Å². The lowest BCUT2D eigenvalue weighted by Gasteiger charge is -2.52. The van der Waals surface area contributed by atoms with E-state index in [1.165, 1.54) is 0 Å². The van der Waals surface area contributed by atoms with Crippen molar-refractivity contribution in [3.63, 3.8) is 0 Å². The van der Waals surface area contributed by atoms with E-state index in [-0.39, 0.29) is 11.6 Å². The molecule has 1 aliphatic carbocycles. The molecule has 0 bridgehead atoms. The largest absolute Gasteiger partial charge is 0.416 e. The molecule has 4 unspecified atom stereocenters. The number of benzene rings is 1. The van der Waals surface area contributed by atoms with Gasteiger partial charge in [0.25, 0.3) is 0 Å².